The molecule has 19 heavy (non-hydrogen) atoms. The molecule has 4 heteroatoms. The molecule has 3 aliphatic rings. The lowest BCUT2D eigenvalue weighted by Crippen LogP contribution is -2.57. The summed E-state index contributed by atoms with van der Waals surface area (Å²) in [5, 5.41) is 3.47. The van der Waals surface area contributed by atoms with Gasteiger partial charge in [-0.05, 0) is 39.2 Å². The number of nitrogens with zero attached hydrogens (tertiary/aromatic N) is 1. The number of carbonyl (C=O) groups excluding carboxylic acids is 1. The van der Waals surface area contributed by atoms with Gasteiger partial charge >= 0.3 is 0 Å². The molecule has 0 aromatic rings. The van der Waals surface area contributed by atoms with Crippen molar-refractivity contribution >= 4 is 5.91 Å². The zero-order chi connectivity index (χ0) is 13.5. The molecule has 0 radical (unpaired) electrons. The summed E-state index contributed by atoms with van der Waals surface area (Å²) in [6, 6.07) is 0. The smallest absolute Gasteiger partial charge is 0.230 e. The lowest BCUT2D eigenvalue weighted by atomic mass is 9.67. The summed E-state index contributed by atoms with van der Waals surface area (Å²) in [5.41, 5.74) is -0.299. The molecule has 0 aromatic carbocycles. The molecule has 1 saturated carbocycles. The maximum atomic E-state index is 13.1. The zero-order valence-electron chi connectivity index (χ0n) is 12.2. The van der Waals surface area contributed by atoms with Crippen LogP contribution in [0.3, 0.4) is 0 Å². The third kappa shape index (κ3) is 2.29. The summed E-state index contributed by atoms with van der Waals surface area (Å²) in [7, 11) is 0. The molecule has 4 nitrogen and oxygen atoms in total. The monoisotopic (exact) mass is 266 g/mol. The Hall–Kier alpha value is -0.610. The van der Waals surface area contributed by atoms with Gasteiger partial charge < -0.3 is 15.0 Å². The lowest BCUT2D eigenvalue weighted by Gasteiger charge is -2.45. The Kier molecular flexibility index (Phi) is 3.34. The van der Waals surface area contributed by atoms with Crippen molar-refractivity contribution in [3.63, 3.8) is 0 Å². The second-order valence-corrected chi connectivity index (χ2v) is 7.06. The highest BCUT2D eigenvalue weighted by Crippen LogP contribution is 2.45. The molecule has 2 atom stereocenters. The van der Waals surface area contributed by atoms with E-state index in [2.05, 4.69) is 24.1 Å². The van der Waals surface area contributed by atoms with Crippen LogP contribution in [0.15, 0.2) is 0 Å². The van der Waals surface area contributed by atoms with E-state index in [-0.39, 0.29) is 11.0 Å². The summed E-state index contributed by atoms with van der Waals surface area (Å²) < 4.78 is 5.73. The van der Waals surface area contributed by atoms with Gasteiger partial charge in [0.25, 0.3) is 0 Å². The molecule has 1 aliphatic carbocycles. The van der Waals surface area contributed by atoms with E-state index in [1.807, 2.05) is 0 Å². The first kappa shape index (κ1) is 13.4. The van der Waals surface area contributed by atoms with Crippen LogP contribution in [0.1, 0.15) is 39.5 Å². The molecule has 3 rings (SSSR count). The minimum Gasteiger partial charge on any atom is -0.372 e. The first-order valence-corrected chi connectivity index (χ1v) is 7.68. The average molecular weight is 266 g/mol. The number of nitrogens with one attached hydrogen (secondary N) is 1. The predicted molar refractivity (Wildman–Crippen MR) is 73.9 cm³/mol. The Balaban J connectivity index is 1.78. The number of carbonyl (C=O) groups is 1. The van der Waals surface area contributed by atoms with Gasteiger partial charge in [0.2, 0.25) is 5.91 Å². The minimum absolute atomic E-state index is 0.105. The van der Waals surface area contributed by atoms with E-state index in [4.69, 9.17) is 4.74 Å². The second-order valence-electron chi connectivity index (χ2n) is 7.06. The highest BCUT2D eigenvalue weighted by Gasteiger charge is 2.52. The van der Waals surface area contributed by atoms with Gasteiger partial charge in [0, 0.05) is 19.6 Å². The molecule has 0 bridgehead atoms. The molecule has 2 saturated heterocycles. The molecule has 2 heterocycles. The van der Waals surface area contributed by atoms with Gasteiger partial charge in [0.15, 0.2) is 0 Å². The third-order valence-corrected chi connectivity index (χ3v) is 5.18. The lowest BCUT2D eigenvalue weighted by molar-refractivity contribution is -0.159. The summed E-state index contributed by atoms with van der Waals surface area (Å²) in [6.07, 6.45) is 4.78. The van der Waals surface area contributed by atoms with Gasteiger partial charge in [-0.2, -0.15) is 0 Å². The quantitative estimate of drug-likeness (QED) is 0.780. The van der Waals surface area contributed by atoms with Gasteiger partial charge in [0.05, 0.1) is 17.6 Å². The van der Waals surface area contributed by atoms with Crippen LogP contribution in [0.4, 0.5) is 0 Å². The Morgan fingerprint density at radius 2 is 2.21 bits per heavy atom. The number of fused-ring (bicyclic) bond motifs is 1. The fourth-order valence-electron chi connectivity index (χ4n) is 4.17. The molecule has 2 aliphatic heterocycles. The largest absolute Gasteiger partial charge is 0.372 e. The number of hydrogen-bond acceptors (Lipinski definition) is 3. The normalized spacial score (nSPS) is 38.0. The maximum absolute atomic E-state index is 13.1. The number of rotatable bonds is 1. The van der Waals surface area contributed by atoms with Crippen LogP contribution in [0.2, 0.25) is 0 Å². The van der Waals surface area contributed by atoms with Crippen molar-refractivity contribution in [1.29, 1.82) is 0 Å². The van der Waals surface area contributed by atoms with E-state index in [0.717, 1.165) is 32.6 Å². The van der Waals surface area contributed by atoms with Crippen molar-refractivity contribution < 1.29 is 9.53 Å². The molecule has 0 aromatic heterocycles. The SMILES string of the molecule is CC1(C)CN(C(=O)[C@@]23CCCC[C@H]2CNC3)CCO1. The van der Waals surface area contributed by atoms with Gasteiger partial charge in [-0.1, -0.05) is 12.8 Å². The van der Waals surface area contributed by atoms with E-state index < -0.39 is 0 Å². The summed E-state index contributed by atoms with van der Waals surface area (Å²) in [6.45, 7) is 8.24. The van der Waals surface area contributed by atoms with Crippen molar-refractivity contribution in [2.24, 2.45) is 11.3 Å². The van der Waals surface area contributed by atoms with E-state index in [0.29, 0.717) is 18.4 Å². The predicted octanol–water partition coefficient (Wildman–Crippen LogP) is 1.40. The van der Waals surface area contributed by atoms with E-state index in [9.17, 15) is 4.79 Å². The third-order valence-electron chi connectivity index (χ3n) is 5.18. The van der Waals surface area contributed by atoms with Gasteiger partial charge in [0.1, 0.15) is 0 Å². The topological polar surface area (TPSA) is 41.6 Å². The summed E-state index contributed by atoms with van der Waals surface area (Å²) >= 11 is 0. The average Bonchev–Trinajstić information content (AvgIpc) is 2.81. The molecule has 0 spiro atoms. The van der Waals surface area contributed by atoms with E-state index in [1.165, 1.54) is 19.3 Å². The Morgan fingerprint density at radius 1 is 1.37 bits per heavy atom. The minimum atomic E-state index is -0.194. The molecule has 108 valence electrons. The first-order chi connectivity index (χ1) is 9.04. The van der Waals surface area contributed by atoms with Crippen LogP contribution < -0.4 is 5.32 Å². The highest BCUT2D eigenvalue weighted by atomic mass is 16.5. The van der Waals surface area contributed by atoms with Crippen molar-refractivity contribution in [3.05, 3.63) is 0 Å². The fourth-order valence-corrected chi connectivity index (χ4v) is 4.17. The van der Waals surface area contributed by atoms with Gasteiger partial charge in [-0.3, -0.25) is 4.79 Å². The Morgan fingerprint density at radius 3 is 3.00 bits per heavy atom. The van der Waals surface area contributed by atoms with Gasteiger partial charge in [-0.25, -0.2) is 0 Å². The maximum Gasteiger partial charge on any atom is 0.230 e. The second kappa shape index (κ2) is 4.74. The molecular formula is C15H26N2O2. The molecule has 1 amide bonds. The molecule has 0 unspecified atom stereocenters. The Labute approximate surface area is 115 Å². The standard InChI is InChI=1S/C15H26N2O2/c1-14(2)11-17(7-8-19-14)13(18)15-6-4-3-5-12(15)9-16-10-15/h12,16H,3-11H2,1-2H3/t12-,15+/m0/s1. The van der Waals surface area contributed by atoms with Crippen LogP contribution in [-0.4, -0.2) is 49.2 Å². The van der Waals surface area contributed by atoms with Crippen molar-refractivity contribution in [2.45, 2.75) is 45.1 Å². The summed E-state index contributed by atoms with van der Waals surface area (Å²) in [5.74, 6) is 0.943. The number of morpholine rings is 1. The fraction of sp³-hybridized carbons (Fsp3) is 0.933. The van der Waals surface area contributed by atoms with Crippen LogP contribution >= 0.6 is 0 Å². The Bertz CT molecular complexity index is 369. The molecule has 1 N–H and O–H groups in total. The number of amides is 1. The van der Waals surface area contributed by atoms with E-state index >= 15 is 0 Å². The van der Waals surface area contributed by atoms with E-state index in [1.54, 1.807) is 0 Å². The highest BCUT2D eigenvalue weighted by molar-refractivity contribution is 5.84. The number of ether oxygens (including phenoxy) is 1. The van der Waals surface area contributed by atoms with Crippen LogP contribution in [0.5, 0.6) is 0 Å². The van der Waals surface area contributed by atoms with Crippen molar-refractivity contribution in [2.75, 3.05) is 32.8 Å². The molecule has 3 fully saturated rings. The zero-order valence-corrected chi connectivity index (χ0v) is 12.2. The molecular weight excluding hydrogens is 240 g/mol. The van der Waals surface area contributed by atoms with Crippen molar-refractivity contribution in [3.8, 4) is 0 Å². The summed E-state index contributed by atoms with van der Waals surface area (Å²) in [4.78, 5) is 15.1. The van der Waals surface area contributed by atoms with Crippen LogP contribution in [0.25, 0.3) is 0 Å². The van der Waals surface area contributed by atoms with Crippen LogP contribution in [-0.2, 0) is 9.53 Å². The first-order valence-electron chi connectivity index (χ1n) is 7.68. The van der Waals surface area contributed by atoms with Crippen molar-refractivity contribution in [1.82, 2.24) is 10.2 Å². The van der Waals surface area contributed by atoms with Crippen LogP contribution in [0, 0.1) is 11.3 Å². The van der Waals surface area contributed by atoms with Gasteiger partial charge in [-0.15, -0.1) is 0 Å². The number of hydrogen-bond donors (Lipinski definition) is 1.